The average Bonchev–Trinajstić information content (AvgIpc) is 3.39. The molecule has 1 aromatic rings. The van der Waals surface area contributed by atoms with Crippen molar-refractivity contribution >= 4 is 21.8 Å². The molecule has 168 valence electrons. The summed E-state index contributed by atoms with van der Waals surface area (Å²) in [6.45, 7) is 9.06. The minimum absolute atomic E-state index is 0.110. The maximum Gasteiger partial charge on any atom is 0.270 e. The Balaban J connectivity index is 1.62. The van der Waals surface area contributed by atoms with Crippen molar-refractivity contribution in [1.82, 2.24) is 23.6 Å². The normalized spacial score (nSPS) is 18.7. The van der Waals surface area contributed by atoms with Crippen molar-refractivity contribution in [2.24, 2.45) is 7.05 Å². The maximum atomic E-state index is 13.0. The van der Waals surface area contributed by atoms with E-state index in [9.17, 15) is 18.0 Å². The van der Waals surface area contributed by atoms with Crippen LogP contribution in [0.4, 0.5) is 0 Å². The van der Waals surface area contributed by atoms with Crippen LogP contribution in [-0.2, 0) is 21.9 Å². The second kappa shape index (κ2) is 9.49. The van der Waals surface area contributed by atoms with Gasteiger partial charge in [0.25, 0.3) is 5.91 Å². The third-order valence-electron chi connectivity index (χ3n) is 6.04. The first-order chi connectivity index (χ1) is 14.3. The van der Waals surface area contributed by atoms with Crippen LogP contribution in [0, 0.1) is 0 Å². The first-order valence-electron chi connectivity index (χ1n) is 10.7. The van der Waals surface area contributed by atoms with Gasteiger partial charge in [0.1, 0.15) is 10.6 Å². The van der Waals surface area contributed by atoms with Gasteiger partial charge in [-0.05, 0) is 32.8 Å². The topological polar surface area (TPSA) is 86.2 Å². The van der Waals surface area contributed by atoms with Gasteiger partial charge < -0.3 is 14.4 Å². The number of carbonyl (C=O) groups is 2. The van der Waals surface area contributed by atoms with E-state index in [-0.39, 0.29) is 16.7 Å². The maximum absolute atomic E-state index is 13.0. The van der Waals surface area contributed by atoms with Gasteiger partial charge in [-0.15, -0.1) is 0 Å². The number of carbonyl (C=O) groups excluding carboxylic acids is 2. The number of piperazine rings is 1. The quantitative estimate of drug-likeness (QED) is 0.615. The molecule has 0 bridgehead atoms. The van der Waals surface area contributed by atoms with E-state index in [4.69, 9.17) is 0 Å². The highest BCUT2D eigenvalue weighted by Crippen LogP contribution is 2.23. The van der Waals surface area contributed by atoms with Crippen molar-refractivity contribution in [2.45, 2.75) is 31.6 Å². The Bertz CT molecular complexity index is 864. The molecule has 0 unspecified atom stereocenters. The molecule has 10 heteroatoms. The number of amides is 2. The number of sulfonamides is 1. The number of nitrogens with zero attached hydrogens (tertiary/aromatic N) is 5. The van der Waals surface area contributed by atoms with E-state index >= 15 is 0 Å². The zero-order valence-corrected chi connectivity index (χ0v) is 19.0. The van der Waals surface area contributed by atoms with Crippen LogP contribution in [0.1, 0.15) is 37.2 Å². The van der Waals surface area contributed by atoms with Crippen molar-refractivity contribution in [3.05, 3.63) is 18.0 Å². The minimum atomic E-state index is -3.55. The summed E-state index contributed by atoms with van der Waals surface area (Å²) in [5, 5.41) is 0. The SMILES string of the molecule is CCN(CC)C(=O)CN1CCN(C(=O)c2cc(S(=O)(=O)N3CCCC3)cn2C)CC1. The van der Waals surface area contributed by atoms with Crippen molar-refractivity contribution in [2.75, 3.05) is 58.9 Å². The Kier molecular flexibility index (Phi) is 7.20. The van der Waals surface area contributed by atoms with Crippen molar-refractivity contribution < 1.29 is 18.0 Å². The summed E-state index contributed by atoms with van der Waals surface area (Å²) in [5.74, 6) is -0.0611. The van der Waals surface area contributed by atoms with E-state index in [0.717, 1.165) is 12.8 Å². The van der Waals surface area contributed by atoms with Crippen LogP contribution in [0.25, 0.3) is 0 Å². The van der Waals surface area contributed by atoms with Crippen LogP contribution < -0.4 is 0 Å². The predicted octanol–water partition coefficient (Wildman–Crippen LogP) is 0.436. The third kappa shape index (κ3) is 4.70. The lowest BCUT2D eigenvalue weighted by molar-refractivity contribution is -0.132. The number of rotatable bonds is 7. The molecule has 1 aromatic heterocycles. The molecule has 3 heterocycles. The summed E-state index contributed by atoms with van der Waals surface area (Å²) < 4.78 is 28.7. The van der Waals surface area contributed by atoms with E-state index in [1.807, 2.05) is 18.7 Å². The van der Waals surface area contributed by atoms with Crippen molar-refractivity contribution in [1.29, 1.82) is 0 Å². The lowest BCUT2D eigenvalue weighted by Crippen LogP contribution is -2.51. The van der Waals surface area contributed by atoms with Crippen LogP contribution in [0.5, 0.6) is 0 Å². The summed E-state index contributed by atoms with van der Waals surface area (Å²) >= 11 is 0. The fraction of sp³-hybridized carbons (Fsp3) is 0.700. The van der Waals surface area contributed by atoms with Gasteiger partial charge in [-0.1, -0.05) is 0 Å². The number of hydrogen-bond acceptors (Lipinski definition) is 5. The standard InChI is InChI=1S/C20H33N5O4S/c1-4-23(5-2)19(26)16-22-10-12-24(13-11-22)20(27)18-14-17(15-21(18)3)30(28,29)25-8-6-7-9-25/h14-15H,4-13,16H2,1-3H3. The number of hydrogen-bond donors (Lipinski definition) is 0. The van der Waals surface area contributed by atoms with Gasteiger partial charge in [-0.25, -0.2) is 8.42 Å². The molecule has 2 amide bonds. The van der Waals surface area contributed by atoms with E-state index < -0.39 is 10.0 Å². The molecule has 0 radical (unpaired) electrons. The molecule has 0 aliphatic carbocycles. The predicted molar refractivity (Wildman–Crippen MR) is 114 cm³/mol. The lowest BCUT2D eigenvalue weighted by Gasteiger charge is -2.35. The molecule has 2 fully saturated rings. The van der Waals surface area contributed by atoms with Crippen LogP contribution in [0.15, 0.2) is 17.2 Å². The molecule has 0 N–H and O–H groups in total. The highest BCUT2D eigenvalue weighted by molar-refractivity contribution is 7.89. The molecule has 0 atom stereocenters. The van der Waals surface area contributed by atoms with Gasteiger partial charge in [-0.2, -0.15) is 4.31 Å². The number of aryl methyl sites for hydroxylation is 1. The second-order valence-corrected chi connectivity index (χ2v) is 9.86. The van der Waals surface area contributed by atoms with Gasteiger partial charge in [-0.3, -0.25) is 14.5 Å². The fourth-order valence-electron chi connectivity index (χ4n) is 4.10. The van der Waals surface area contributed by atoms with Gasteiger partial charge >= 0.3 is 0 Å². The molecule has 0 saturated carbocycles. The van der Waals surface area contributed by atoms with Crippen LogP contribution in [0.2, 0.25) is 0 Å². The molecule has 3 rings (SSSR count). The van der Waals surface area contributed by atoms with Crippen molar-refractivity contribution in [3.8, 4) is 0 Å². The summed E-state index contributed by atoms with van der Waals surface area (Å²) in [4.78, 5) is 31.1. The highest BCUT2D eigenvalue weighted by Gasteiger charge is 2.31. The first-order valence-corrected chi connectivity index (χ1v) is 12.2. The van der Waals surface area contributed by atoms with Crippen LogP contribution >= 0.6 is 0 Å². The average molecular weight is 440 g/mol. The van der Waals surface area contributed by atoms with Crippen molar-refractivity contribution in [3.63, 3.8) is 0 Å². The first kappa shape index (κ1) is 22.8. The summed E-state index contributed by atoms with van der Waals surface area (Å²) in [5.41, 5.74) is 0.375. The largest absolute Gasteiger partial charge is 0.345 e. The summed E-state index contributed by atoms with van der Waals surface area (Å²) in [6.07, 6.45) is 3.28. The number of aromatic nitrogens is 1. The molecule has 2 saturated heterocycles. The smallest absolute Gasteiger partial charge is 0.270 e. The summed E-state index contributed by atoms with van der Waals surface area (Å²) in [6, 6.07) is 1.49. The van der Waals surface area contributed by atoms with E-state index in [1.165, 1.54) is 16.6 Å². The van der Waals surface area contributed by atoms with E-state index in [0.29, 0.717) is 64.6 Å². The van der Waals surface area contributed by atoms with Gasteiger partial charge in [0.05, 0.1) is 6.54 Å². The van der Waals surface area contributed by atoms with Crippen LogP contribution in [-0.4, -0.2) is 103 Å². The van der Waals surface area contributed by atoms with Gasteiger partial charge in [0.2, 0.25) is 15.9 Å². The molecular weight excluding hydrogens is 406 g/mol. The lowest BCUT2D eigenvalue weighted by atomic mass is 10.2. The second-order valence-electron chi connectivity index (χ2n) is 7.92. The molecule has 9 nitrogen and oxygen atoms in total. The Labute approximate surface area is 179 Å². The molecular formula is C20H33N5O4S. The highest BCUT2D eigenvalue weighted by atomic mass is 32.2. The molecule has 2 aliphatic rings. The number of likely N-dealkylation sites (N-methyl/N-ethyl adjacent to an activating group) is 1. The van der Waals surface area contributed by atoms with Gasteiger partial charge in [0, 0.05) is 65.6 Å². The Morgan fingerprint density at radius 1 is 1.00 bits per heavy atom. The Morgan fingerprint density at radius 3 is 2.17 bits per heavy atom. The molecule has 0 spiro atoms. The van der Waals surface area contributed by atoms with E-state index in [1.54, 1.807) is 16.5 Å². The summed E-state index contributed by atoms with van der Waals surface area (Å²) in [7, 11) is -1.85. The Hall–Kier alpha value is -1.91. The van der Waals surface area contributed by atoms with E-state index in [2.05, 4.69) is 4.90 Å². The molecule has 2 aliphatic heterocycles. The van der Waals surface area contributed by atoms with Crippen LogP contribution in [0.3, 0.4) is 0 Å². The fourth-order valence-corrected chi connectivity index (χ4v) is 5.69. The zero-order valence-electron chi connectivity index (χ0n) is 18.2. The van der Waals surface area contributed by atoms with Gasteiger partial charge in [0.15, 0.2) is 0 Å². The third-order valence-corrected chi connectivity index (χ3v) is 7.90. The molecule has 0 aromatic carbocycles. The minimum Gasteiger partial charge on any atom is -0.345 e. The molecule has 30 heavy (non-hydrogen) atoms. The monoisotopic (exact) mass is 439 g/mol. The zero-order chi connectivity index (χ0) is 21.9. The Morgan fingerprint density at radius 2 is 1.60 bits per heavy atom.